The molecule has 2 nitrogen and oxygen atoms in total. The molecule has 1 spiro atoms. The van der Waals surface area contributed by atoms with E-state index in [0.717, 1.165) is 11.8 Å². The molecule has 4 aliphatic rings. The fraction of sp³-hybridized carbons (Fsp3) is 0.571. The molecule has 3 heteroatoms. The van der Waals surface area contributed by atoms with Crippen LogP contribution < -0.4 is 5.46 Å². The highest BCUT2D eigenvalue weighted by Crippen LogP contribution is 2.62. The van der Waals surface area contributed by atoms with Crippen molar-refractivity contribution in [3.63, 3.8) is 0 Å². The second-order valence-corrected chi connectivity index (χ2v) is 11.8. The van der Waals surface area contributed by atoms with Gasteiger partial charge in [0.25, 0.3) is 0 Å². The molecular formula is C28H35BO2. The average Bonchev–Trinajstić information content (AvgIpc) is 3.13. The maximum absolute atomic E-state index is 6.61. The van der Waals surface area contributed by atoms with E-state index in [9.17, 15) is 0 Å². The minimum atomic E-state index is -0.323. The molecule has 0 radical (unpaired) electrons. The van der Waals surface area contributed by atoms with Crippen LogP contribution in [0.5, 0.6) is 0 Å². The molecule has 1 saturated heterocycles. The lowest BCUT2D eigenvalue weighted by Crippen LogP contribution is -2.49. The molecule has 0 N–H and O–H groups in total. The van der Waals surface area contributed by atoms with Crippen molar-refractivity contribution in [2.45, 2.75) is 83.3 Å². The van der Waals surface area contributed by atoms with Crippen molar-refractivity contribution in [3.8, 4) is 11.1 Å². The van der Waals surface area contributed by atoms with Crippen molar-refractivity contribution in [2.24, 2.45) is 17.8 Å². The maximum Gasteiger partial charge on any atom is 0.495 e. The van der Waals surface area contributed by atoms with E-state index in [0.29, 0.717) is 5.92 Å². The molecule has 31 heavy (non-hydrogen) atoms. The predicted molar refractivity (Wildman–Crippen MR) is 128 cm³/mol. The Morgan fingerprint density at radius 1 is 0.839 bits per heavy atom. The highest BCUT2D eigenvalue weighted by atomic mass is 16.7. The molecule has 6 rings (SSSR count). The maximum atomic E-state index is 6.61. The standard InChI is InChI=1S/C28H35BO2/c1-18-15-19-13-14-28(20(16-18)17-19)23-11-7-6-9-21(23)22-10-8-12-24(25(22)28)29-30-26(2,3)27(4,5)31-29/h6-12,18-20H,13-17H2,1-5H3. The van der Waals surface area contributed by atoms with Crippen molar-refractivity contribution in [3.05, 3.63) is 53.6 Å². The molecule has 0 amide bonds. The van der Waals surface area contributed by atoms with Crippen LogP contribution in [0.4, 0.5) is 0 Å². The van der Waals surface area contributed by atoms with Gasteiger partial charge in [-0.1, -0.05) is 49.4 Å². The average molecular weight is 414 g/mol. The second kappa shape index (κ2) is 6.48. The van der Waals surface area contributed by atoms with Crippen molar-refractivity contribution in [1.82, 2.24) is 0 Å². The fourth-order valence-electron chi connectivity index (χ4n) is 7.40. The van der Waals surface area contributed by atoms with Crippen molar-refractivity contribution < 1.29 is 9.31 Å². The van der Waals surface area contributed by atoms with E-state index in [4.69, 9.17) is 9.31 Å². The Morgan fingerprint density at radius 3 is 2.32 bits per heavy atom. The normalized spacial score (nSPS) is 34.6. The van der Waals surface area contributed by atoms with Crippen LogP contribution in [-0.4, -0.2) is 18.3 Å². The molecule has 2 aromatic rings. The molecular weight excluding hydrogens is 379 g/mol. The van der Waals surface area contributed by atoms with Crippen molar-refractivity contribution in [2.75, 3.05) is 0 Å². The van der Waals surface area contributed by atoms with Gasteiger partial charge in [-0.2, -0.15) is 0 Å². The van der Waals surface area contributed by atoms with Crippen LogP contribution in [0.3, 0.4) is 0 Å². The lowest BCUT2D eigenvalue weighted by atomic mass is 9.51. The molecule has 2 aromatic carbocycles. The highest BCUT2D eigenvalue weighted by molar-refractivity contribution is 6.63. The van der Waals surface area contributed by atoms with E-state index < -0.39 is 0 Å². The highest BCUT2D eigenvalue weighted by Gasteiger charge is 2.57. The number of benzene rings is 2. The van der Waals surface area contributed by atoms with Crippen LogP contribution in [0.1, 0.15) is 77.8 Å². The zero-order valence-corrected chi connectivity index (χ0v) is 19.7. The second-order valence-electron chi connectivity index (χ2n) is 11.8. The Kier molecular flexibility index (Phi) is 4.20. The van der Waals surface area contributed by atoms with Crippen molar-refractivity contribution >= 4 is 12.6 Å². The summed E-state index contributed by atoms with van der Waals surface area (Å²) in [7, 11) is -0.301. The first-order valence-electron chi connectivity index (χ1n) is 12.3. The summed E-state index contributed by atoms with van der Waals surface area (Å²) in [5.41, 5.74) is 6.67. The summed E-state index contributed by atoms with van der Waals surface area (Å²) in [5, 5.41) is 0. The Morgan fingerprint density at radius 2 is 1.55 bits per heavy atom. The van der Waals surface area contributed by atoms with Gasteiger partial charge in [-0.25, -0.2) is 0 Å². The first kappa shape index (κ1) is 20.1. The number of hydrogen-bond donors (Lipinski definition) is 0. The molecule has 1 heterocycles. The first-order valence-corrected chi connectivity index (χ1v) is 12.3. The number of hydrogen-bond acceptors (Lipinski definition) is 2. The van der Waals surface area contributed by atoms with Gasteiger partial charge in [0.2, 0.25) is 0 Å². The summed E-state index contributed by atoms with van der Waals surface area (Å²) >= 11 is 0. The van der Waals surface area contributed by atoms with Gasteiger partial charge >= 0.3 is 7.12 Å². The van der Waals surface area contributed by atoms with Gasteiger partial charge in [0.05, 0.1) is 11.2 Å². The Bertz CT molecular complexity index is 1020. The first-order chi connectivity index (χ1) is 14.7. The summed E-state index contributed by atoms with van der Waals surface area (Å²) in [6.45, 7) is 11.1. The van der Waals surface area contributed by atoms with Gasteiger partial charge in [0.15, 0.2) is 0 Å². The van der Waals surface area contributed by atoms with Crippen LogP contribution >= 0.6 is 0 Å². The summed E-state index contributed by atoms with van der Waals surface area (Å²) in [4.78, 5) is 0. The lowest BCUT2D eigenvalue weighted by molar-refractivity contribution is 0.00578. The van der Waals surface area contributed by atoms with E-state index in [2.05, 4.69) is 77.1 Å². The van der Waals surface area contributed by atoms with E-state index in [1.165, 1.54) is 54.3 Å². The van der Waals surface area contributed by atoms with E-state index in [1.54, 1.807) is 5.56 Å². The zero-order chi connectivity index (χ0) is 21.6. The number of rotatable bonds is 1. The lowest BCUT2D eigenvalue weighted by Gasteiger charge is -2.51. The molecule has 4 atom stereocenters. The third-order valence-electron chi connectivity index (χ3n) is 9.43. The van der Waals surface area contributed by atoms with Crippen LogP contribution in [0.15, 0.2) is 42.5 Å². The molecule has 3 aliphatic carbocycles. The topological polar surface area (TPSA) is 18.5 Å². The zero-order valence-electron chi connectivity index (χ0n) is 19.7. The van der Waals surface area contributed by atoms with Gasteiger partial charge in [-0.15, -0.1) is 0 Å². The Balaban J connectivity index is 1.57. The van der Waals surface area contributed by atoms with Crippen LogP contribution in [0.25, 0.3) is 11.1 Å². The molecule has 4 unspecified atom stereocenters. The van der Waals surface area contributed by atoms with Crippen LogP contribution in [0, 0.1) is 17.8 Å². The summed E-state index contributed by atoms with van der Waals surface area (Å²) < 4.78 is 13.2. The molecule has 1 aliphatic heterocycles. The van der Waals surface area contributed by atoms with Crippen molar-refractivity contribution in [1.29, 1.82) is 0 Å². The largest absolute Gasteiger partial charge is 0.495 e. The minimum Gasteiger partial charge on any atom is -0.399 e. The quantitative estimate of drug-likeness (QED) is 0.525. The van der Waals surface area contributed by atoms with Crippen LogP contribution in [-0.2, 0) is 14.7 Å². The molecule has 2 bridgehead atoms. The van der Waals surface area contributed by atoms with Gasteiger partial charge in [0, 0.05) is 5.41 Å². The molecule has 0 aromatic heterocycles. The molecule has 3 fully saturated rings. The van der Waals surface area contributed by atoms with Gasteiger partial charge in [-0.05, 0) is 105 Å². The van der Waals surface area contributed by atoms with Gasteiger partial charge < -0.3 is 9.31 Å². The molecule has 162 valence electrons. The van der Waals surface area contributed by atoms with Gasteiger partial charge in [-0.3, -0.25) is 0 Å². The monoisotopic (exact) mass is 414 g/mol. The van der Waals surface area contributed by atoms with E-state index in [1.807, 2.05) is 0 Å². The van der Waals surface area contributed by atoms with Gasteiger partial charge in [0.1, 0.15) is 0 Å². The minimum absolute atomic E-state index is 0.108. The summed E-state index contributed by atoms with van der Waals surface area (Å²) in [5.74, 6) is 2.43. The predicted octanol–water partition coefficient (Wildman–Crippen LogP) is 6.10. The molecule has 2 saturated carbocycles. The summed E-state index contributed by atoms with van der Waals surface area (Å²) in [6, 6.07) is 16.1. The third kappa shape index (κ3) is 2.66. The van der Waals surface area contributed by atoms with E-state index >= 15 is 0 Å². The summed E-state index contributed by atoms with van der Waals surface area (Å²) in [6.07, 6.45) is 6.72. The van der Waals surface area contributed by atoms with E-state index in [-0.39, 0.29) is 23.7 Å². The Labute approximate surface area is 187 Å². The van der Waals surface area contributed by atoms with Crippen LogP contribution in [0.2, 0.25) is 0 Å². The SMILES string of the molecule is CC1CC2CCC3(c4ccccc4-c4cccc(B5OC(C)(C)C(C)(C)O5)c43)C(C1)C2. The smallest absolute Gasteiger partial charge is 0.399 e. The fourth-order valence-corrected chi connectivity index (χ4v) is 7.40. The Hall–Kier alpha value is -1.58. The number of fused-ring (bicyclic) bond motifs is 8. The third-order valence-corrected chi connectivity index (χ3v) is 9.43.